The van der Waals surface area contributed by atoms with Crippen LogP contribution in [0.5, 0.6) is 0 Å². The Morgan fingerprint density at radius 2 is 1.94 bits per heavy atom. The highest BCUT2D eigenvalue weighted by Gasteiger charge is 2.06. The van der Waals surface area contributed by atoms with Crippen molar-refractivity contribution in [1.82, 2.24) is 19.3 Å². The van der Waals surface area contributed by atoms with E-state index in [0.29, 0.717) is 12.2 Å². The summed E-state index contributed by atoms with van der Waals surface area (Å²) in [6.07, 6.45) is 12.1. The zero-order chi connectivity index (χ0) is 21.6. The van der Waals surface area contributed by atoms with Crippen molar-refractivity contribution in [1.29, 1.82) is 0 Å². The first-order chi connectivity index (χ1) is 15.1. The van der Waals surface area contributed by atoms with Crippen molar-refractivity contribution in [3.8, 4) is 11.1 Å². The summed E-state index contributed by atoms with van der Waals surface area (Å²) in [7, 11) is 1.86. The molecule has 0 radical (unpaired) electrons. The second-order valence-corrected chi connectivity index (χ2v) is 7.05. The van der Waals surface area contributed by atoms with Crippen molar-refractivity contribution in [2.45, 2.75) is 6.54 Å². The van der Waals surface area contributed by atoms with Crippen molar-refractivity contribution in [2.75, 3.05) is 5.32 Å². The van der Waals surface area contributed by atoms with E-state index in [1.54, 1.807) is 46.2 Å². The van der Waals surface area contributed by atoms with E-state index in [1.807, 2.05) is 49.6 Å². The van der Waals surface area contributed by atoms with E-state index in [-0.39, 0.29) is 11.5 Å². The van der Waals surface area contributed by atoms with Crippen molar-refractivity contribution in [3.05, 3.63) is 107 Å². The minimum Gasteiger partial charge on any atom is -0.323 e. The molecule has 4 rings (SSSR count). The number of carbonyl (C=O) groups is 1. The van der Waals surface area contributed by atoms with Gasteiger partial charge in [-0.25, -0.2) is 0 Å². The molecule has 7 heteroatoms. The fourth-order valence-corrected chi connectivity index (χ4v) is 3.19. The highest BCUT2D eigenvalue weighted by molar-refractivity contribution is 6.02. The lowest BCUT2D eigenvalue weighted by Crippen LogP contribution is -2.18. The maximum Gasteiger partial charge on any atom is 0.250 e. The summed E-state index contributed by atoms with van der Waals surface area (Å²) in [4.78, 5) is 28.4. The Morgan fingerprint density at radius 1 is 1.10 bits per heavy atom. The molecule has 0 unspecified atom stereocenters. The third-order valence-corrected chi connectivity index (χ3v) is 4.76. The van der Waals surface area contributed by atoms with E-state index in [1.165, 1.54) is 12.1 Å². The maximum atomic E-state index is 12.4. The van der Waals surface area contributed by atoms with Gasteiger partial charge in [-0.05, 0) is 41.5 Å². The number of aryl methyl sites for hydroxylation is 1. The quantitative estimate of drug-likeness (QED) is 0.494. The first-order valence-electron chi connectivity index (χ1n) is 9.75. The molecule has 0 saturated carbocycles. The van der Waals surface area contributed by atoms with Gasteiger partial charge in [-0.3, -0.25) is 19.3 Å². The lowest BCUT2D eigenvalue weighted by Gasteiger charge is -2.07. The monoisotopic (exact) mass is 411 g/mol. The van der Waals surface area contributed by atoms with Crippen LogP contribution in [0.4, 0.5) is 5.69 Å². The first-order valence-corrected chi connectivity index (χ1v) is 9.75. The highest BCUT2D eigenvalue weighted by atomic mass is 16.1. The van der Waals surface area contributed by atoms with Crippen LogP contribution in [0, 0.1) is 0 Å². The van der Waals surface area contributed by atoms with Crippen molar-refractivity contribution >= 4 is 17.7 Å². The number of amides is 1. The standard InChI is InChI=1S/C24H21N5O2/c1-28-17-20(15-26-28)22-11-12-25-14-19(22)7-10-23(30)27-21-8-5-18(6-9-21)16-29-13-3-2-4-24(29)31/h2-15,17H,16H2,1H3,(H,27,30). The summed E-state index contributed by atoms with van der Waals surface area (Å²) >= 11 is 0. The Bertz CT molecular complexity index is 1290. The molecule has 1 aromatic carbocycles. The number of anilines is 1. The molecule has 1 N–H and O–H groups in total. The number of hydrogen-bond donors (Lipinski definition) is 1. The smallest absolute Gasteiger partial charge is 0.250 e. The van der Waals surface area contributed by atoms with Crippen LogP contribution in [-0.2, 0) is 18.4 Å². The number of carbonyl (C=O) groups excluding carboxylic acids is 1. The lowest BCUT2D eigenvalue weighted by atomic mass is 10.0. The summed E-state index contributed by atoms with van der Waals surface area (Å²) in [6.45, 7) is 0.478. The Balaban J connectivity index is 1.42. The first kappa shape index (κ1) is 20.0. The van der Waals surface area contributed by atoms with E-state index >= 15 is 0 Å². The molecule has 154 valence electrons. The van der Waals surface area contributed by atoms with Crippen LogP contribution in [0.3, 0.4) is 0 Å². The minimum atomic E-state index is -0.243. The summed E-state index contributed by atoms with van der Waals surface area (Å²) < 4.78 is 3.36. The molecular formula is C24H21N5O2. The van der Waals surface area contributed by atoms with Crippen LogP contribution >= 0.6 is 0 Å². The van der Waals surface area contributed by atoms with Crippen LogP contribution in [0.15, 0.2) is 90.4 Å². The number of nitrogens with zero attached hydrogens (tertiary/aromatic N) is 4. The van der Waals surface area contributed by atoms with Gasteiger partial charge in [0.2, 0.25) is 5.91 Å². The molecule has 1 amide bonds. The van der Waals surface area contributed by atoms with Gasteiger partial charge in [-0.15, -0.1) is 0 Å². The van der Waals surface area contributed by atoms with Gasteiger partial charge in [0.15, 0.2) is 0 Å². The molecule has 31 heavy (non-hydrogen) atoms. The second-order valence-electron chi connectivity index (χ2n) is 7.05. The zero-order valence-corrected chi connectivity index (χ0v) is 17.0. The fourth-order valence-electron chi connectivity index (χ4n) is 3.19. The van der Waals surface area contributed by atoms with Gasteiger partial charge in [0, 0.05) is 60.8 Å². The number of pyridine rings is 2. The molecule has 0 aliphatic rings. The predicted octanol–water partition coefficient (Wildman–Crippen LogP) is 3.34. The Kier molecular flexibility index (Phi) is 5.84. The van der Waals surface area contributed by atoms with Gasteiger partial charge < -0.3 is 9.88 Å². The molecule has 0 atom stereocenters. The maximum absolute atomic E-state index is 12.4. The van der Waals surface area contributed by atoms with Gasteiger partial charge in [-0.2, -0.15) is 5.10 Å². The molecule has 7 nitrogen and oxygen atoms in total. The van der Waals surface area contributed by atoms with Crippen molar-refractivity contribution in [2.24, 2.45) is 7.05 Å². The molecule has 0 aliphatic carbocycles. The van der Waals surface area contributed by atoms with Crippen LogP contribution in [0.2, 0.25) is 0 Å². The third kappa shape index (κ3) is 5.02. The number of hydrogen-bond acceptors (Lipinski definition) is 4. The number of aromatic nitrogens is 4. The van der Waals surface area contributed by atoms with Crippen LogP contribution in [0.1, 0.15) is 11.1 Å². The summed E-state index contributed by atoms with van der Waals surface area (Å²) in [5.41, 5.74) is 4.34. The number of nitrogens with one attached hydrogen (secondary N) is 1. The average molecular weight is 411 g/mol. The van der Waals surface area contributed by atoms with Crippen LogP contribution in [0.25, 0.3) is 17.2 Å². The van der Waals surface area contributed by atoms with Gasteiger partial charge >= 0.3 is 0 Å². The molecular weight excluding hydrogens is 390 g/mol. The average Bonchev–Trinajstić information content (AvgIpc) is 3.21. The molecule has 3 heterocycles. The molecule has 0 spiro atoms. The molecule has 0 saturated heterocycles. The van der Waals surface area contributed by atoms with Crippen LogP contribution < -0.4 is 10.9 Å². The van der Waals surface area contributed by atoms with Crippen molar-refractivity contribution in [3.63, 3.8) is 0 Å². The van der Waals surface area contributed by atoms with Gasteiger partial charge in [0.25, 0.3) is 5.56 Å². The summed E-state index contributed by atoms with van der Waals surface area (Å²) in [5.74, 6) is -0.243. The number of rotatable bonds is 6. The Labute approximate surface area is 179 Å². The van der Waals surface area contributed by atoms with Gasteiger partial charge in [0.05, 0.1) is 12.7 Å². The summed E-state index contributed by atoms with van der Waals surface area (Å²) in [6, 6.07) is 14.4. The van der Waals surface area contributed by atoms with Crippen LogP contribution in [-0.4, -0.2) is 25.2 Å². The topological polar surface area (TPSA) is 81.8 Å². The van der Waals surface area contributed by atoms with E-state index in [0.717, 1.165) is 22.3 Å². The van der Waals surface area contributed by atoms with E-state index < -0.39 is 0 Å². The van der Waals surface area contributed by atoms with E-state index in [4.69, 9.17) is 0 Å². The van der Waals surface area contributed by atoms with Gasteiger partial charge in [0.1, 0.15) is 0 Å². The lowest BCUT2D eigenvalue weighted by molar-refractivity contribution is -0.111. The molecule has 0 bridgehead atoms. The Hall–Kier alpha value is -4.26. The molecule has 3 aromatic heterocycles. The largest absolute Gasteiger partial charge is 0.323 e. The second kappa shape index (κ2) is 9.04. The number of benzene rings is 1. The Morgan fingerprint density at radius 3 is 2.68 bits per heavy atom. The SMILES string of the molecule is Cn1cc(-c2ccncc2C=CC(=O)Nc2ccc(Cn3ccccc3=O)cc2)cn1. The molecule has 0 fully saturated rings. The van der Waals surface area contributed by atoms with Gasteiger partial charge in [-0.1, -0.05) is 18.2 Å². The fraction of sp³-hybridized carbons (Fsp3) is 0.0833. The zero-order valence-electron chi connectivity index (χ0n) is 17.0. The van der Waals surface area contributed by atoms with Crippen molar-refractivity contribution < 1.29 is 4.79 Å². The third-order valence-electron chi connectivity index (χ3n) is 4.76. The normalized spacial score (nSPS) is 11.0. The van der Waals surface area contributed by atoms with E-state index in [9.17, 15) is 9.59 Å². The molecule has 0 aliphatic heterocycles. The highest BCUT2D eigenvalue weighted by Crippen LogP contribution is 2.23. The molecule has 4 aromatic rings. The van der Waals surface area contributed by atoms with E-state index in [2.05, 4.69) is 15.4 Å². The summed E-state index contributed by atoms with van der Waals surface area (Å²) in [5, 5.41) is 7.04. The predicted molar refractivity (Wildman–Crippen MR) is 120 cm³/mol. The minimum absolute atomic E-state index is 0.0499.